The Labute approximate surface area is 163 Å². The molecule has 1 aromatic rings. The standard InChI is InChI=1S/C20H31N3O2.ClH/c1-14-17(6-5-12-21-14)23-18(24)11-13-22-19(25)15-7-9-16(10-8-15)20(2,3)4;/h7-10,14,17,21H,5-6,11-13H2,1-4H3,(H,22,25)(H,23,24);1H. The zero-order valence-electron chi connectivity index (χ0n) is 16.2. The molecular formula is C20H32ClN3O2. The summed E-state index contributed by atoms with van der Waals surface area (Å²) in [5.41, 5.74) is 1.88. The van der Waals surface area contributed by atoms with E-state index in [1.54, 1.807) is 0 Å². The number of hydrogen-bond acceptors (Lipinski definition) is 3. The Balaban J connectivity index is 0.00000338. The molecule has 1 saturated heterocycles. The number of carbonyl (C=O) groups is 2. The topological polar surface area (TPSA) is 70.2 Å². The summed E-state index contributed by atoms with van der Waals surface area (Å²) >= 11 is 0. The molecular weight excluding hydrogens is 350 g/mol. The number of rotatable bonds is 5. The summed E-state index contributed by atoms with van der Waals surface area (Å²) < 4.78 is 0. The van der Waals surface area contributed by atoms with Crippen molar-refractivity contribution in [2.24, 2.45) is 0 Å². The zero-order chi connectivity index (χ0) is 18.4. The second-order valence-electron chi connectivity index (χ2n) is 7.89. The van der Waals surface area contributed by atoms with Crippen molar-refractivity contribution >= 4 is 24.2 Å². The molecule has 2 unspecified atom stereocenters. The van der Waals surface area contributed by atoms with Crippen LogP contribution in [0.5, 0.6) is 0 Å². The summed E-state index contributed by atoms with van der Waals surface area (Å²) in [6, 6.07) is 8.13. The van der Waals surface area contributed by atoms with E-state index in [-0.39, 0.29) is 35.7 Å². The lowest BCUT2D eigenvalue weighted by Gasteiger charge is -2.30. The molecule has 0 aromatic heterocycles. The summed E-state index contributed by atoms with van der Waals surface area (Å²) in [5.74, 6) is -0.148. The summed E-state index contributed by atoms with van der Waals surface area (Å²) in [5, 5.41) is 9.24. The molecule has 0 radical (unpaired) electrons. The number of piperidine rings is 1. The van der Waals surface area contributed by atoms with Crippen LogP contribution in [0.3, 0.4) is 0 Å². The fourth-order valence-electron chi connectivity index (χ4n) is 3.03. The third-order valence-electron chi connectivity index (χ3n) is 4.76. The van der Waals surface area contributed by atoms with Crippen molar-refractivity contribution in [2.45, 2.75) is 64.5 Å². The predicted molar refractivity (Wildman–Crippen MR) is 108 cm³/mol. The quantitative estimate of drug-likeness (QED) is 0.734. The Morgan fingerprint density at radius 3 is 2.42 bits per heavy atom. The van der Waals surface area contributed by atoms with Gasteiger partial charge in [-0.1, -0.05) is 32.9 Å². The van der Waals surface area contributed by atoms with Crippen LogP contribution in [0.1, 0.15) is 62.9 Å². The van der Waals surface area contributed by atoms with Crippen LogP contribution >= 0.6 is 12.4 Å². The molecule has 2 amide bonds. The van der Waals surface area contributed by atoms with Crippen molar-refractivity contribution in [2.75, 3.05) is 13.1 Å². The second kappa shape index (κ2) is 9.93. The van der Waals surface area contributed by atoms with Crippen molar-refractivity contribution in [3.63, 3.8) is 0 Å². The van der Waals surface area contributed by atoms with Gasteiger partial charge in [-0.25, -0.2) is 0 Å². The minimum Gasteiger partial charge on any atom is -0.352 e. The van der Waals surface area contributed by atoms with Gasteiger partial charge in [0.25, 0.3) is 5.91 Å². The maximum atomic E-state index is 12.2. The van der Waals surface area contributed by atoms with Crippen LogP contribution in [0.4, 0.5) is 0 Å². The average Bonchev–Trinajstić information content (AvgIpc) is 2.56. The molecule has 0 aliphatic carbocycles. The highest BCUT2D eigenvalue weighted by Crippen LogP contribution is 2.22. The van der Waals surface area contributed by atoms with Crippen LogP contribution in [0.15, 0.2) is 24.3 Å². The first-order valence-corrected chi connectivity index (χ1v) is 9.19. The Kier molecular flexibility index (Phi) is 8.57. The number of carbonyl (C=O) groups excluding carboxylic acids is 2. The van der Waals surface area contributed by atoms with Crippen molar-refractivity contribution < 1.29 is 9.59 Å². The van der Waals surface area contributed by atoms with Crippen LogP contribution in [0, 0.1) is 0 Å². The molecule has 0 bridgehead atoms. The summed E-state index contributed by atoms with van der Waals surface area (Å²) in [6.07, 6.45) is 2.39. The van der Waals surface area contributed by atoms with Crippen molar-refractivity contribution in [3.8, 4) is 0 Å². The van der Waals surface area contributed by atoms with E-state index in [0.717, 1.165) is 19.4 Å². The van der Waals surface area contributed by atoms with Gasteiger partial charge in [0.05, 0.1) is 0 Å². The first-order chi connectivity index (χ1) is 11.8. The first-order valence-electron chi connectivity index (χ1n) is 9.19. The van der Waals surface area contributed by atoms with E-state index in [9.17, 15) is 9.59 Å². The van der Waals surface area contributed by atoms with E-state index in [1.165, 1.54) is 5.56 Å². The van der Waals surface area contributed by atoms with Gasteiger partial charge >= 0.3 is 0 Å². The molecule has 1 heterocycles. The number of hydrogen-bond donors (Lipinski definition) is 3. The second-order valence-corrected chi connectivity index (χ2v) is 7.89. The fourth-order valence-corrected chi connectivity index (χ4v) is 3.03. The van der Waals surface area contributed by atoms with Gasteiger partial charge in [0.1, 0.15) is 0 Å². The van der Waals surface area contributed by atoms with E-state index >= 15 is 0 Å². The highest BCUT2D eigenvalue weighted by Gasteiger charge is 2.22. The lowest BCUT2D eigenvalue weighted by molar-refractivity contribution is -0.122. The van der Waals surface area contributed by atoms with Crippen molar-refractivity contribution in [3.05, 3.63) is 35.4 Å². The molecule has 2 rings (SSSR count). The molecule has 0 saturated carbocycles. The van der Waals surface area contributed by atoms with Gasteiger partial charge < -0.3 is 16.0 Å². The van der Waals surface area contributed by atoms with Gasteiger partial charge in [-0.3, -0.25) is 9.59 Å². The third kappa shape index (κ3) is 6.61. The van der Waals surface area contributed by atoms with E-state index in [1.807, 2.05) is 24.3 Å². The highest BCUT2D eigenvalue weighted by atomic mass is 35.5. The SMILES string of the molecule is CC1NCCCC1NC(=O)CCNC(=O)c1ccc(C(C)(C)C)cc1.Cl. The molecule has 5 nitrogen and oxygen atoms in total. The molecule has 1 aliphatic heterocycles. The summed E-state index contributed by atoms with van der Waals surface area (Å²) in [4.78, 5) is 24.2. The summed E-state index contributed by atoms with van der Waals surface area (Å²) in [6.45, 7) is 9.88. The largest absolute Gasteiger partial charge is 0.352 e. The smallest absolute Gasteiger partial charge is 0.251 e. The summed E-state index contributed by atoms with van der Waals surface area (Å²) in [7, 11) is 0. The predicted octanol–water partition coefficient (Wildman–Crippen LogP) is 2.78. The van der Waals surface area contributed by atoms with Crippen LogP contribution in [0.25, 0.3) is 0 Å². The van der Waals surface area contributed by atoms with Gasteiger partial charge in [0.2, 0.25) is 5.91 Å². The van der Waals surface area contributed by atoms with E-state index in [0.29, 0.717) is 24.6 Å². The van der Waals surface area contributed by atoms with Gasteiger partial charge in [0, 0.05) is 30.6 Å². The minimum atomic E-state index is -0.138. The molecule has 146 valence electrons. The average molecular weight is 382 g/mol. The molecule has 26 heavy (non-hydrogen) atoms. The van der Waals surface area contributed by atoms with E-state index < -0.39 is 0 Å². The number of benzene rings is 1. The molecule has 0 spiro atoms. The minimum absolute atomic E-state index is 0. The first kappa shape index (κ1) is 22.5. The van der Waals surface area contributed by atoms with Crippen LogP contribution in [0.2, 0.25) is 0 Å². The van der Waals surface area contributed by atoms with Gasteiger partial charge in [-0.15, -0.1) is 12.4 Å². The maximum Gasteiger partial charge on any atom is 0.251 e. The van der Waals surface area contributed by atoms with Gasteiger partial charge in [-0.2, -0.15) is 0 Å². The fraction of sp³-hybridized carbons (Fsp3) is 0.600. The maximum absolute atomic E-state index is 12.2. The lowest BCUT2D eigenvalue weighted by atomic mass is 9.87. The normalized spacial score (nSPS) is 20.0. The molecule has 1 fully saturated rings. The van der Waals surface area contributed by atoms with Gasteiger partial charge in [-0.05, 0) is 49.4 Å². The number of halogens is 1. The molecule has 6 heteroatoms. The Bertz CT molecular complexity index is 596. The monoisotopic (exact) mass is 381 g/mol. The Morgan fingerprint density at radius 2 is 1.85 bits per heavy atom. The molecule has 3 N–H and O–H groups in total. The molecule has 1 aliphatic rings. The molecule has 1 aromatic carbocycles. The van der Waals surface area contributed by atoms with Gasteiger partial charge in [0.15, 0.2) is 0 Å². The number of amides is 2. The Morgan fingerprint density at radius 1 is 1.19 bits per heavy atom. The van der Waals surface area contributed by atoms with Crippen molar-refractivity contribution in [1.82, 2.24) is 16.0 Å². The molecule has 2 atom stereocenters. The van der Waals surface area contributed by atoms with E-state index in [2.05, 4.69) is 43.6 Å². The Hall–Kier alpha value is -1.59. The van der Waals surface area contributed by atoms with Crippen LogP contribution in [-0.2, 0) is 10.2 Å². The lowest BCUT2D eigenvalue weighted by Crippen LogP contribution is -2.52. The third-order valence-corrected chi connectivity index (χ3v) is 4.76. The highest BCUT2D eigenvalue weighted by molar-refractivity contribution is 5.94. The van der Waals surface area contributed by atoms with Crippen LogP contribution in [-0.4, -0.2) is 37.0 Å². The van der Waals surface area contributed by atoms with Crippen molar-refractivity contribution in [1.29, 1.82) is 0 Å². The zero-order valence-corrected chi connectivity index (χ0v) is 17.0. The van der Waals surface area contributed by atoms with E-state index in [4.69, 9.17) is 0 Å². The van der Waals surface area contributed by atoms with Crippen LogP contribution < -0.4 is 16.0 Å². The number of nitrogens with one attached hydrogen (secondary N) is 3.